The van der Waals surface area contributed by atoms with E-state index in [0.29, 0.717) is 22.2 Å². The minimum absolute atomic E-state index is 0.361. The molecule has 0 saturated carbocycles. The van der Waals surface area contributed by atoms with Gasteiger partial charge in [-0.25, -0.2) is 4.79 Å². The highest BCUT2D eigenvalue weighted by Gasteiger charge is 2.16. The molecule has 0 fully saturated rings. The van der Waals surface area contributed by atoms with Crippen molar-refractivity contribution in [2.45, 2.75) is 19.6 Å². The maximum atomic E-state index is 12.0. The molecule has 0 aliphatic carbocycles. The van der Waals surface area contributed by atoms with Crippen LogP contribution in [0.4, 0.5) is 0 Å². The van der Waals surface area contributed by atoms with Crippen molar-refractivity contribution in [1.29, 1.82) is 0 Å². The Morgan fingerprint density at radius 2 is 1.84 bits per heavy atom. The van der Waals surface area contributed by atoms with Gasteiger partial charge in [0, 0.05) is 12.6 Å². The molecule has 2 aromatic carbocycles. The number of hydrogen-bond acceptors (Lipinski definition) is 3. The first-order valence-corrected chi connectivity index (χ1v) is 8.36. The van der Waals surface area contributed by atoms with Crippen molar-refractivity contribution in [2.75, 3.05) is 0 Å². The molecule has 130 valence electrons. The molecule has 0 bridgehead atoms. The Balaban J connectivity index is 1.83. The fourth-order valence-corrected chi connectivity index (χ4v) is 2.28. The molecule has 0 aromatic heterocycles. The van der Waals surface area contributed by atoms with E-state index < -0.39 is 12.1 Å². The van der Waals surface area contributed by atoms with Gasteiger partial charge in [-0.1, -0.05) is 59.6 Å². The first-order valence-electron chi connectivity index (χ1n) is 7.61. The second kappa shape index (κ2) is 9.25. The second-order valence-corrected chi connectivity index (χ2v) is 6.10. The number of carbonyl (C=O) groups is 2. The van der Waals surface area contributed by atoms with E-state index in [1.165, 1.54) is 13.0 Å². The Labute approximate surface area is 156 Å². The molecule has 6 heteroatoms. The first kappa shape index (κ1) is 19.0. The van der Waals surface area contributed by atoms with Gasteiger partial charge in [0.25, 0.3) is 5.91 Å². The van der Waals surface area contributed by atoms with Gasteiger partial charge in [0.05, 0.1) is 10.0 Å². The largest absolute Gasteiger partial charge is 0.449 e. The van der Waals surface area contributed by atoms with Crippen LogP contribution in [0.3, 0.4) is 0 Å². The van der Waals surface area contributed by atoms with E-state index in [1.807, 2.05) is 30.3 Å². The Morgan fingerprint density at radius 3 is 2.52 bits per heavy atom. The monoisotopic (exact) mass is 377 g/mol. The maximum Gasteiger partial charge on any atom is 0.331 e. The summed E-state index contributed by atoms with van der Waals surface area (Å²) < 4.78 is 5.08. The van der Waals surface area contributed by atoms with E-state index in [9.17, 15) is 9.59 Å². The minimum atomic E-state index is -0.894. The zero-order valence-corrected chi connectivity index (χ0v) is 15.1. The summed E-state index contributed by atoms with van der Waals surface area (Å²) in [5, 5.41) is 3.55. The highest BCUT2D eigenvalue weighted by molar-refractivity contribution is 6.42. The lowest BCUT2D eigenvalue weighted by Gasteiger charge is -2.12. The third-order valence-electron chi connectivity index (χ3n) is 3.33. The summed E-state index contributed by atoms with van der Waals surface area (Å²) in [5.41, 5.74) is 1.67. The number of esters is 1. The zero-order chi connectivity index (χ0) is 18.2. The van der Waals surface area contributed by atoms with Crippen molar-refractivity contribution in [1.82, 2.24) is 5.32 Å². The Kier molecular flexibility index (Phi) is 7.04. The summed E-state index contributed by atoms with van der Waals surface area (Å²) in [6.45, 7) is 1.89. The second-order valence-electron chi connectivity index (χ2n) is 5.29. The summed E-state index contributed by atoms with van der Waals surface area (Å²) in [6.07, 6.45) is 1.88. The minimum Gasteiger partial charge on any atom is -0.449 e. The molecule has 0 saturated heterocycles. The lowest BCUT2D eigenvalue weighted by molar-refractivity contribution is -0.150. The fraction of sp³-hybridized carbons (Fsp3) is 0.158. The van der Waals surface area contributed by atoms with Crippen LogP contribution in [-0.4, -0.2) is 18.0 Å². The number of halogens is 2. The lowest BCUT2D eigenvalue weighted by atomic mass is 10.2. The number of benzene rings is 2. The van der Waals surface area contributed by atoms with Gasteiger partial charge in [0.15, 0.2) is 6.10 Å². The lowest BCUT2D eigenvalue weighted by Crippen LogP contribution is -2.35. The molecule has 1 N–H and O–H groups in total. The standard InChI is InChI=1S/C19H17Cl2NO3/c1-13(19(24)22-12-15-5-3-2-4-6-15)25-18(23)10-8-14-7-9-16(20)17(21)11-14/h2-11,13H,12H2,1H3,(H,22,24)/b10-8+. The van der Waals surface area contributed by atoms with Gasteiger partial charge in [0.1, 0.15) is 0 Å². The van der Waals surface area contributed by atoms with E-state index in [2.05, 4.69) is 5.32 Å². The van der Waals surface area contributed by atoms with Crippen molar-refractivity contribution in [3.8, 4) is 0 Å². The molecule has 4 nitrogen and oxygen atoms in total. The summed E-state index contributed by atoms with van der Waals surface area (Å²) >= 11 is 11.7. The molecule has 1 unspecified atom stereocenters. The molecule has 0 radical (unpaired) electrons. The summed E-state index contributed by atoms with van der Waals surface area (Å²) in [6, 6.07) is 14.5. The molecule has 2 rings (SSSR count). The molecule has 25 heavy (non-hydrogen) atoms. The topological polar surface area (TPSA) is 55.4 Å². The average molecular weight is 378 g/mol. The van der Waals surface area contributed by atoms with Gasteiger partial charge < -0.3 is 10.1 Å². The summed E-state index contributed by atoms with van der Waals surface area (Å²) in [4.78, 5) is 23.8. The zero-order valence-electron chi connectivity index (χ0n) is 13.5. The SMILES string of the molecule is CC(OC(=O)/C=C/c1ccc(Cl)c(Cl)c1)C(=O)NCc1ccccc1. The van der Waals surface area contributed by atoms with Crippen LogP contribution >= 0.6 is 23.2 Å². The third kappa shape index (κ3) is 6.25. The van der Waals surface area contributed by atoms with Crippen LogP contribution in [0.25, 0.3) is 6.08 Å². The van der Waals surface area contributed by atoms with Crippen LogP contribution in [-0.2, 0) is 20.9 Å². The van der Waals surface area contributed by atoms with Crippen LogP contribution in [0.5, 0.6) is 0 Å². The van der Waals surface area contributed by atoms with Crippen LogP contribution in [0.2, 0.25) is 10.0 Å². The molecule has 0 spiro atoms. The van der Waals surface area contributed by atoms with Gasteiger partial charge in [-0.15, -0.1) is 0 Å². The smallest absolute Gasteiger partial charge is 0.331 e. The van der Waals surface area contributed by atoms with Crippen molar-refractivity contribution in [2.24, 2.45) is 0 Å². The number of rotatable bonds is 6. The summed E-state index contributed by atoms with van der Waals surface area (Å²) in [5.74, 6) is -0.978. The van der Waals surface area contributed by atoms with Crippen LogP contribution in [0.15, 0.2) is 54.6 Å². The first-order chi connectivity index (χ1) is 12.0. The Hall–Kier alpha value is -2.30. The van der Waals surface area contributed by atoms with E-state index >= 15 is 0 Å². The van der Waals surface area contributed by atoms with Crippen molar-refractivity contribution >= 4 is 41.2 Å². The van der Waals surface area contributed by atoms with Gasteiger partial charge in [-0.05, 0) is 36.3 Å². The molecule has 0 aliphatic rings. The molecule has 1 amide bonds. The highest BCUT2D eigenvalue weighted by Crippen LogP contribution is 2.23. The molecule has 1 atom stereocenters. The van der Waals surface area contributed by atoms with Gasteiger partial charge in [0.2, 0.25) is 0 Å². The van der Waals surface area contributed by atoms with Gasteiger partial charge in [-0.2, -0.15) is 0 Å². The molecule has 0 aliphatic heterocycles. The quantitative estimate of drug-likeness (QED) is 0.604. The van der Waals surface area contributed by atoms with E-state index in [4.69, 9.17) is 27.9 Å². The van der Waals surface area contributed by atoms with Gasteiger partial charge in [-0.3, -0.25) is 4.79 Å². The van der Waals surface area contributed by atoms with Crippen molar-refractivity contribution < 1.29 is 14.3 Å². The number of carbonyl (C=O) groups excluding carboxylic acids is 2. The van der Waals surface area contributed by atoms with Crippen LogP contribution < -0.4 is 5.32 Å². The fourth-order valence-electron chi connectivity index (χ4n) is 1.98. The van der Waals surface area contributed by atoms with E-state index in [1.54, 1.807) is 24.3 Å². The number of hydrogen-bond donors (Lipinski definition) is 1. The number of amides is 1. The number of ether oxygens (including phenoxy) is 1. The van der Waals surface area contributed by atoms with Crippen LogP contribution in [0, 0.1) is 0 Å². The van der Waals surface area contributed by atoms with E-state index in [-0.39, 0.29) is 5.91 Å². The maximum absolute atomic E-state index is 12.0. The van der Waals surface area contributed by atoms with E-state index in [0.717, 1.165) is 5.56 Å². The van der Waals surface area contributed by atoms with Crippen molar-refractivity contribution in [3.63, 3.8) is 0 Å². The third-order valence-corrected chi connectivity index (χ3v) is 4.07. The molecular weight excluding hydrogens is 361 g/mol. The van der Waals surface area contributed by atoms with Crippen LogP contribution in [0.1, 0.15) is 18.1 Å². The average Bonchev–Trinajstić information content (AvgIpc) is 2.61. The molecule has 2 aromatic rings. The molecular formula is C19H17Cl2NO3. The Morgan fingerprint density at radius 1 is 1.12 bits per heavy atom. The predicted molar refractivity (Wildman–Crippen MR) is 99.3 cm³/mol. The predicted octanol–water partition coefficient (Wildman–Crippen LogP) is 4.25. The number of nitrogens with one attached hydrogen (secondary N) is 1. The summed E-state index contributed by atoms with van der Waals surface area (Å²) in [7, 11) is 0. The van der Waals surface area contributed by atoms with Gasteiger partial charge >= 0.3 is 5.97 Å². The normalized spacial score (nSPS) is 12.0. The Bertz CT molecular complexity index is 775. The molecule has 0 heterocycles. The highest BCUT2D eigenvalue weighted by atomic mass is 35.5. The van der Waals surface area contributed by atoms with Crippen molar-refractivity contribution in [3.05, 3.63) is 75.8 Å².